The Bertz CT molecular complexity index is 824. The van der Waals surface area contributed by atoms with E-state index in [2.05, 4.69) is 0 Å². The van der Waals surface area contributed by atoms with E-state index < -0.39 is 11.9 Å². The van der Waals surface area contributed by atoms with Crippen LogP contribution in [0.1, 0.15) is 18.4 Å². The van der Waals surface area contributed by atoms with Crippen LogP contribution in [0, 0.1) is 0 Å². The molecule has 0 saturated heterocycles. The largest absolute Gasteiger partial charge is 0.481 e. The molecule has 0 aliphatic heterocycles. The molecular formula is C17H13ClO2. The summed E-state index contributed by atoms with van der Waals surface area (Å²) in [4.78, 5) is 11.1. The summed E-state index contributed by atoms with van der Waals surface area (Å²) in [5.74, 6) is -1.34. The summed E-state index contributed by atoms with van der Waals surface area (Å²) < 4.78 is 0. The van der Waals surface area contributed by atoms with Crippen molar-refractivity contribution >= 4 is 39.1 Å². The molecule has 1 N–H and O–H groups in total. The molecule has 0 aromatic heterocycles. The van der Waals surface area contributed by atoms with Crippen LogP contribution in [0.4, 0.5) is 0 Å². The van der Waals surface area contributed by atoms with Gasteiger partial charge in [0.15, 0.2) is 0 Å². The first-order valence-corrected chi connectivity index (χ1v) is 6.79. The third-order valence-corrected chi connectivity index (χ3v) is 4.02. The molecule has 3 rings (SSSR count). The summed E-state index contributed by atoms with van der Waals surface area (Å²) in [5.41, 5.74) is 0.803. The van der Waals surface area contributed by atoms with Crippen molar-refractivity contribution in [3.63, 3.8) is 0 Å². The highest BCUT2D eigenvalue weighted by Crippen LogP contribution is 2.33. The zero-order valence-corrected chi connectivity index (χ0v) is 11.7. The quantitative estimate of drug-likeness (QED) is 0.684. The van der Waals surface area contributed by atoms with Crippen LogP contribution in [-0.4, -0.2) is 11.1 Å². The van der Waals surface area contributed by atoms with Crippen molar-refractivity contribution in [1.29, 1.82) is 0 Å². The maximum Gasteiger partial charge on any atom is 0.310 e. The van der Waals surface area contributed by atoms with Gasteiger partial charge in [0.1, 0.15) is 0 Å². The summed E-state index contributed by atoms with van der Waals surface area (Å²) in [5, 5.41) is 14.0. The second-order valence-corrected chi connectivity index (χ2v) is 5.35. The molecule has 0 bridgehead atoms. The summed E-state index contributed by atoms with van der Waals surface area (Å²) >= 11 is 6.29. The van der Waals surface area contributed by atoms with E-state index in [0.717, 1.165) is 27.1 Å². The minimum atomic E-state index is -0.817. The van der Waals surface area contributed by atoms with Gasteiger partial charge in [-0.15, -0.1) is 0 Å². The molecule has 2 nitrogen and oxygen atoms in total. The lowest BCUT2D eigenvalue weighted by Crippen LogP contribution is -2.07. The van der Waals surface area contributed by atoms with Crippen molar-refractivity contribution in [3.05, 3.63) is 59.1 Å². The SMILES string of the molecule is CC(C(=O)O)c1ccc2cc(Cl)c3ccccc3c2c1. The first-order valence-electron chi connectivity index (χ1n) is 6.41. The zero-order chi connectivity index (χ0) is 14.3. The average molecular weight is 285 g/mol. The number of benzene rings is 3. The van der Waals surface area contributed by atoms with E-state index >= 15 is 0 Å². The molecule has 20 heavy (non-hydrogen) atoms. The Hall–Kier alpha value is -2.06. The van der Waals surface area contributed by atoms with Crippen molar-refractivity contribution in [3.8, 4) is 0 Å². The molecule has 0 radical (unpaired) electrons. The normalized spacial score (nSPS) is 12.7. The molecule has 0 fully saturated rings. The lowest BCUT2D eigenvalue weighted by atomic mass is 9.95. The van der Waals surface area contributed by atoms with Crippen LogP contribution in [0.2, 0.25) is 5.02 Å². The first kappa shape index (κ1) is 12.9. The van der Waals surface area contributed by atoms with Crippen LogP contribution < -0.4 is 0 Å². The number of fused-ring (bicyclic) bond motifs is 3. The molecule has 0 aliphatic rings. The third kappa shape index (κ3) is 2.02. The lowest BCUT2D eigenvalue weighted by Gasteiger charge is -2.11. The fraction of sp³-hybridized carbons (Fsp3) is 0.118. The zero-order valence-electron chi connectivity index (χ0n) is 10.9. The van der Waals surface area contributed by atoms with Gasteiger partial charge in [-0.1, -0.05) is 48.0 Å². The Labute approximate surface area is 121 Å². The topological polar surface area (TPSA) is 37.3 Å². The summed E-state index contributed by atoms with van der Waals surface area (Å²) in [6.45, 7) is 1.70. The van der Waals surface area contributed by atoms with Crippen LogP contribution in [0.3, 0.4) is 0 Å². The molecule has 3 aromatic rings. The van der Waals surface area contributed by atoms with E-state index in [4.69, 9.17) is 16.7 Å². The third-order valence-electron chi connectivity index (χ3n) is 3.70. The number of aliphatic carboxylic acids is 1. The molecule has 1 unspecified atom stereocenters. The molecule has 100 valence electrons. The molecule has 3 heteroatoms. The number of carboxylic acids is 1. The monoisotopic (exact) mass is 284 g/mol. The fourth-order valence-corrected chi connectivity index (χ4v) is 2.77. The van der Waals surface area contributed by atoms with Crippen LogP contribution in [0.5, 0.6) is 0 Å². The highest BCUT2D eigenvalue weighted by molar-refractivity contribution is 6.37. The second-order valence-electron chi connectivity index (χ2n) is 4.94. The smallest absolute Gasteiger partial charge is 0.310 e. The Morgan fingerprint density at radius 3 is 2.45 bits per heavy atom. The average Bonchev–Trinajstić information content (AvgIpc) is 2.46. The van der Waals surface area contributed by atoms with Crippen molar-refractivity contribution in [2.45, 2.75) is 12.8 Å². The number of hydrogen-bond acceptors (Lipinski definition) is 1. The maximum atomic E-state index is 11.1. The van der Waals surface area contributed by atoms with Gasteiger partial charge in [-0.2, -0.15) is 0 Å². The van der Waals surface area contributed by atoms with Crippen LogP contribution in [0.15, 0.2) is 48.5 Å². The van der Waals surface area contributed by atoms with Crippen molar-refractivity contribution in [1.82, 2.24) is 0 Å². The molecule has 0 amide bonds. The minimum Gasteiger partial charge on any atom is -0.481 e. The van der Waals surface area contributed by atoms with Gasteiger partial charge in [0.25, 0.3) is 0 Å². The van der Waals surface area contributed by atoms with Crippen molar-refractivity contribution < 1.29 is 9.90 Å². The van der Waals surface area contributed by atoms with E-state index in [1.165, 1.54) is 0 Å². The molecule has 3 aromatic carbocycles. The Morgan fingerprint density at radius 2 is 1.75 bits per heavy atom. The number of halogens is 1. The van der Waals surface area contributed by atoms with Crippen molar-refractivity contribution in [2.75, 3.05) is 0 Å². The van der Waals surface area contributed by atoms with Gasteiger partial charge in [0.2, 0.25) is 0 Å². The number of carbonyl (C=O) groups is 1. The number of carboxylic acid groups (broad SMARTS) is 1. The molecule has 0 saturated carbocycles. The van der Waals surface area contributed by atoms with E-state index in [-0.39, 0.29) is 0 Å². The predicted octanol–water partition coefficient (Wildman–Crippen LogP) is 4.83. The van der Waals surface area contributed by atoms with Gasteiger partial charge in [-0.3, -0.25) is 4.79 Å². The minimum absolute atomic E-state index is 0.520. The van der Waals surface area contributed by atoms with Gasteiger partial charge in [0, 0.05) is 10.4 Å². The summed E-state index contributed by atoms with van der Waals surface area (Å²) in [7, 11) is 0. The Kier molecular flexibility index (Phi) is 3.11. The van der Waals surface area contributed by atoms with Crippen LogP contribution in [0.25, 0.3) is 21.5 Å². The standard InChI is InChI=1S/C17H13ClO2/c1-10(17(19)20)11-6-7-12-9-16(18)14-5-3-2-4-13(14)15(12)8-11/h2-10H,1H3,(H,19,20). The first-order chi connectivity index (χ1) is 9.58. The maximum absolute atomic E-state index is 11.1. The van der Waals surface area contributed by atoms with Gasteiger partial charge < -0.3 is 5.11 Å². The molecular weight excluding hydrogens is 272 g/mol. The Morgan fingerprint density at radius 1 is 1.05 bits per heavy atom. The van der Waals surface area contributed by atoms with Gasteiger partial charge in [-0.05, 0) is 40.8 Å². The van der Waals surface area contributed by atoms with Gasteiger partial charge in [-0.25, -0.2) is 0 Å². The number of hydrogen-bond donors (Lipinski definition) is 1. The molecule has 0 heterocycles. The van der Waals surface area contributed by atoms with Gasteiger partial charge in [0.05, 0.1) is 5.92 Å². The molecule has 0 aliphatic carbocycles. The Balaban J connectivity index is 2.35. The van der Waals surface area contributed by atoms with E-state index in [9.17, 15) is 4.79 Å². The summed E-state index contributed by atoms with van der Waals surface area (Å²) in [6.07, 6.45) is 0. The fourth-order valence-electron chi connectivity index (χ4n) is 2.49. The van der Waals surface area contributed by atoms with Gasteiger partial charge >= 0.3 is 5.97 Å². The van der Waals surface area contributed by atoms with E-state index in [1.54, 1.807) is 6.92 Å². The molecule has 1 atom stereocenters. The summed E-state index contributed by atoms with van der Waals surface area (Å²) in [6, 6.07) is 15.6. The van der Waals surface area contributed by atoms with Crippen molar-refractivity contribution in [2.24, 2.45) is 0 Å². The van der Waals surface area contributed by atoms with E-state index in [0.29, 0.717) is 5.02 Å². The predicted molar refractivity (Wildman–Crippen MR) is 82.5 cm³/mol. The second kappa shape index (κ2) is 4.80. The van der Waals surface area contributed by atoms with Crippen LogP contribution in [-0.2, 0) is 4.79 Å². The number of rotatable bonds is 2. The van der Waals surface area contributed by atoms with E-state index in [1.807, 2.05) is 48.5 Å². The highest BCUT2D eigenvalue weighted by atomic mass is 35.5. The molecule has 0 spiro atoms. The lowest BCUT2D eigenvalue weighted by molar-refractivity contribution is -0.138. The van der Waals surface area contributed by atoms with Crippen LogP contribution >= 0.6 is 11.6 Å². The highest BCUT2D eigenvalue weighted by Gasteiger charge is 2.14.